The van der Waals surface area contributed by atoms with E-state index in [1.807, 2.05) is 12.1 Å². The summed E-state index contributed by atoms with van der Waals surface area (Å²) < 4.78 is 47.1. The number of nitrogens with zero attached hydrogens (tertiary/aromatic N) is 4. The lowest BCUT2D eigenvalue weighted by Crippen LogP contribution is -2.47. The van der Waals surface area contributed by atoms with Crippen molar-refractivity contribution in [3.05, 3.63) is 107 Å². The number of benzene rings is 3. The molecule has 2 aliphatic heterocycles. The molecule has 1 unspecified atom stereocenters. The molecule has 5 amide bonds. The smallest absolute Gasteiger partial charge is 0.374 e. The van der Waals surface area contributed by atoms with Crippen molar-refractivity contribution < 1.29 is 41.9 Å². The van der Waals surface area contributed by atoms with Gasteiger partial charge in [0, 0.05) is 31.3 Å². The van der Waals surface area contributed by atoms with Gasteiger partial charge in [0.2, 0.25) is 11.8 Å². The molecule has 0 saturated carbocycles. The Labute approximate surface area is 352 Å². The number of ether oxygens (including phenoxy) is 1. The maximum absolute atomic E-state index is 13.8. The normalized spacial score (nSPS) is 16.1. The number of anilines is 2. The number of imide groups is 1. The van der Waals surface area contributed by atoms with Gasteiger partial charge in [0.05, 0.1) is 11.3 Å². The van der Waals surface area contributed by atoms with Crippen LogP contribution >= 0.6 is 0 Å². The number of hydrogen-bond donors (Lipinski definition) is 4. The van der Waals surface area contributed by atoms with Crippen molar-refractivity contribution in [3.63, 3.8) is 0 Å². The highest BCUT2D eigenvalue weighted by atomic mass is 19.4. The molecule has 2 saturated heterocycles. The average molecular weight is 845 g/mol. The molecule has 5 N–H and O–H groups in total. The molecule has 14 nitrogen and oxygen atoms in total. The van der Waals surface area contributed by atoms with Gasteiger partial charge in [0.15, 0.2) is 5.69 Å². The minimum Gasteiger partial charge on any atom is -0.374 e. The van der Waals surface area contributed by atoms with Crippen molar-refractivity contribution in [2.24, 2.45) is 5.73 Å². The van der Waals surface area contributed by atoms with Crippen LogP contribution in [0.5, 0.6) is 0 Å². The van der Waals surface area contributed by atoms with Gasteiger partial charge in [-0.15, -0.1) is 0 Å². The van der Waals surface area contributed by atoms with Crippen molar-refractivity contribution in [1.82, 2.24) is 25.3 Å². The molecule has 0 bridgehead atoms. The number of carbonyl (C=O) groups excluding carboxylic acids is 5. The van der Waals surface area contributed by atoms with E-state index in [0.29, 0.717) is 30.9 Å². The second-order valence-electron chi connectivity index (χ2n) is 15.3. The van der Waals surface area contributed by atoms with E-state index in [4.69, 9.17) is 5.73 Å². The van der Waals surface area contributed by atoms with Crippen molar-refractivity contribution >= 4 is 41.4 Å². The topological polar surface area (TPSA) is 181 Å². The molecule has 1 atom stereocenters. The first kappa shape index (κ1) is 44.3. The second-order valence-corrected chi connectivity index (χ2v) is 15.3. The third kappa shape index (κ3) is 12.4. The fourth-order valence-corrected chi connectivity index (χ4v) is 7.79. The standard InChI is InChI=1S/C44H51F3N8O6/c45-44(46,47)35-15-9-8-12-32(35)29-49-43(60)54(39-28-37(41(58)61-42(48)59)52-55(39)34-13-6-5-7-14-34)25-11-4-2-1-3-10-24-53-26-22-31(23-27-53)30-16-18-33(19-17-30)50-36-20-21-38(56)51-40(36)57/h5-9,12-19,28,31,36,50H,1-4,10-11,20-27,29H2,(H2,48,59)(H,49,60)(H,51,56,57). The van der Waals surface area contributed by atoms with E-state index in [2.05, 4.69) is 42.8 Å². The number of para-hydroxylation sites is 1. The summed E-state index contributed by atoms with van der Waals surface area (Å²) in [6.45, 7) is 2.79. The first-order valence-electron chi connectivity index (χ1n) is 20.7. The summed E-state index contributed by atoms with van der Waals surface area (Å²) in [5, 5.41) is 12.5. The molecule has 324 valence electrons. The summed E-state index contributed by atoms with van der Waals surface area (Å²) in [6, 6.07) is 22.1. The fraction of sp³-hybridized carbons (Fsp3) is 0.409. The van der Waals surface area contributed by atoms with Crippen LogP contribution in [0.1, 0.15) is 97.3 Å². The molecule has 2 aliphatic rings. The van der Waals surface area contributed by atoms with Gasteiger partial charge < -0.3 is 26.0 Å². The first-order valence-corrected chi connectivity index (χ1v) is 20.7. The summed E-state index contributed by atoms with van der Waals surface area (Å²) in [6.07, 6.45) is 2.30. The number of nitrogens with two attached hydrogens (primary N) is 1. The average Bonchev–Trinajstić information content (AvgIpc) is 3.69. The van der Waals surface area contributed by atoms with Gasteiger partial charge in [-0.1, -0.05) is 74.2 Å². The molecule has 3 aromatic carbocycles. The lowest BCUT2D eigenvalue weighted by Gasteiger charge is -2.32. The minimum atomic E-state index is -4.62. The fourth-order valence-electron chi connectivity index (χ4n) is 7.79. The number of esters is 1. The van der Waals surface area contributed by atoms with Crippen molar-refractivity contribution in [3.8, 4) is 5.69 Å². The van der Waals surface area contributed by atoms with E-state index in [1.54, 1.807) is 30.3 Å². The number of piperidine rings is 2. The van der Waals surface area contributed by atoms with Gasteiger partial charge in [0.25, 0.3) is 0 Å². The predicted octanol–water partition coefficient (Wildman–Crippen LogP) is 7.28. The van der Waals surface area contributed by atoms with Crippen LogP contribution in [0.2, 0.25) is 0 Å². The van der Waals surface area contributed by atoms with Gasteiger partial charge in [0.1, 0.15) is 11.9 Å². The van der Waals surface area contributed by atoms with Crippen LogP contribution in [0.25, 0.3) is 5.69 Å². The van der Waals surface area contributed by atoms with E-state index < -0.39 is 42.4 Å². The highest BCUT2D eigenvalue weighted by Crippen LogP contribution is 2.32. The molecule has 4 aromatic rings. The molecule has 6 rings (SSSR count). The Morgan fingerprint density at radius 3 is 2.23 bits per heavy atom. The summed E-state index contributed by atoms with van der Waals surface area (Å²) in [7, 11) is 0. The monoisotopic (exact) mass is 844 g/mol. The number of alkyl halides is 3. The quantitative estimate of drug-likeness (QED) is 0.0368. The summed E-state index contributed by atoms with van der Waals surface area (Å²) in [5.41, 5.74) is 6.43. The van der Waals surface area contributed by atoms with Crippen LogP contribution in [-0.4, -0.2) is 76.8 Å². The third-order valence-corrected chi connectivity index (χ3v) is 11.0. The summed E-state index contributed by atoms with van der Waals surface area (Å²) in [4.78, 5) is 65.3. The van der Waals surface area contributed by atoms with E-state index in [9.17, 15) is 37.1 Å². The van der Waals surface area contributed by atoms with Crippen LogP contribution < -0.4 is 26.6 Å². The first-order chi connectivity index (χ1) is 29.4. The number of nitrogens with one attached hydrogen (secondary N) is 3. The molecule has 0 spiro atoms. The number of unbranched alkanes of at least 4 members (excludes halogenated alkanes) is 5. The predicted molar refractivity (Wildman–Crippen MR) is 222 cm³/mol. The third-order valence-electron chi connectivity index (χ3n) is 11.0. The second kappa shape index (κ2) is 20.8. The number of rotatable bonds is 17. The number of halogens is 3. The minimum absolute atomic E-state index is 0.108. The molecule has 1 aromatic heterocycles. The van der Waals surface area contributed by atoms with Gasteiger partial charge in [-0.3, -0.25) is 19.8 Å². The molecule has 17 heteroatoms. The van der Waals surface area contributed by atoms with Crippen LogP contribution in [0.4, 0.5) is 34.3 Å². The molecule has 3 heterocycles. The molecular formula is C44H51F3N8O6. The molecule has 61 heavy (non-hydrogen) atoms. The van der Waals surface area contributed by atoms with E-state index >= 15 is 0 Å². The maximum atomic E-state index is 13.8. The molecule has 0 aliphatic carbocycles. The Kier molecular flexibility index (Phi) is 15.1. The summed E-state index contributed by atoms with van der Waals surface area (Å²) >= 11 is 0. The Balaban J connectivity index is 0.985. The molecular weight excluding hydrogens is 794 g/mol. The van der Waals surface area contributed by atoms with E-state index in [0.717, 1.165) is 76.3 Å². The van der Waals surface area contributed by atoms with E-state index in [1.165, 1.54) is 39.4 Å². The number of likely N-dealkylation sites (tertiary alicyclic amines) is 1. The Hall–Kier alpha value is -6.23. The Morgan fingerprint density at radius 1 is 0.869 bits per heavy atom. The molecule has 2 fully saturated rings. The van der Waals surface area contributed by atoms with Crippen molar-refractivity contribution in [2.75, 3.05) is 36.4 Å². The highest BCUT2D eigenvalue weighted by molar-refractivity contribution is 6.01. The number of aromatic nitrogens is 2. The van der Waals surface area contributed by atoms with Crippen LogP contribution in [0.15, 0.2) is 84.9 Å². The largest absolute Gasteiger partial charge is 0.416 e. The SMILES string of the molecule is NC(=O)OC(=O)c1cc(N(CCCCCCCCN2CCC(c3ccc(NC4CCC(=O)NC4=O)cc3)CC2)C(=O)NCc2ccccc2C(F)(F)F)n(-c2ccccc2)n1. The summed E-state index contributed by atoms with van der Waals surface area (Å²) in [5.74, 6) is -1.03. The van der Waals surface area contributed by atoms with Crippen molar-refractivity contribution in [2.45, 2.75) is 88.9 Å². The van der Waals surface area contributed by atoms with Gasteiger partial charge >= 0.3 is 24.3 Å². The number of carbonyl (C=O) groups is 5. The van der Waals surface area contributed by atoms with Crippen molar-refractivity contribution in [1.29, 1.82) is 0 Å². The number of urea groups is 1. The zero-order valence-electron chi connectivity index (χ0n) is 33.8. The highest BCUT2D eigenvalue weighted by Gasteiger charge is 2.33. The maximum Gasteiger partial charge on any atom is 0.416 e. The zero-order valence-corrected chi connectivity index (χ0v) is 33.8. The van der Waals surface area contributed by atoms with E-state index in [-0.39, 0.29) is 35.4 Å². The van der Waals surface area contributed by atoms with Crippen LogP contribution in [-0.2, 0) is 27.0 Å². The number of hydrogen-bond acceptors (Lipinski definition) is 9. The Bertz CT molecular complexity index is 2140. The zero-order chi connectivity index (χ0) is 43.4. The Morgan fingerprint density at radius 2 is 1.54 bits per heavy atom. The number of amides is 5. The van der Waals surface area contributed by atoms with Gasteiger partial charge in [-0.25, -0.2) is 19.1 Å². The van der Waals surface area contributed by atoms with Crippen LogP contribution in [0.3, 0.4) is 0 Å². The number of primary amides is 1. The van der Waals surface area contributed by atoms with Crippen LogP contribution in [0, 0.1) is 0 Å². The lowest BCUT2D eigenvalue weighted by molar-refractivity contribution is -0.138. The molecule has 0 radical (unpaired) electrons. The lowest BCUT2D eigenvalue weighted by atomic mass is 9.89. The van der Waals surface area contributed by atoms with Gasteiger partial charge in [-0.2, -0.15) is 18.3 Å². The van der Waals surface area contributed by atoms with Gasteiger partial charge in [-0.05, 0) is 99.1 Å².